The van der Waals surface area contributed by atoms with Gasteiger partial charge in [0.15, 0.2) is 5.82 Å². The standard InChI is InChI=1S/C25H25F3N6O/c1-5-8-17(19(6-2)25(26,27)28)13-18-9-7-12-34-23(18)31-22(32-34)20-10-11-21(24(30-20)35-4)33-14-16(3)29-15-33/h2,5,8,10-11,14-15,18H,7,9,12-13H2,1,3-4H3. The summed E-state index contributed by atoms with van der Waals surface area (Å²) < 4.78 is 49.6. The Morgan fingerprint density at radius 2 is 2.11 bits per heavy atom. The second-order valence-corrected chi connectivity index (χ2v) is 8.25. The third-order valence-corrected chi connectivity index (χ3v) is 5.82. The Balaban J connectivity index is 1.69. The number of aromatic nitrogens is 6. The van der Waals surface area contributed by atoms with Crippen molar-refractivity contribution in [2.45, 2.75) is 51.7 Å². The molecule has 7 nitrogen and oxygen atoms in total. The molecule has 0 fully saturated rings. The summed E-state index contributed by atoms with van der Waals surface area (Å²) >= 11 is 0. The molecule has 1 atom stereocenters. The normalized spacial score (nSPS) is 16.7. The molecule has 0 radical (unpaired) electrons. The lowest BCUT2D eigenvalue weighted by Gasteiger charge is -2.23. The number of ether oxygens (including phenoxy) is 1. The van der Waals surface area contributed by atoms with E-state index in [1.165, 1.54) is 13.2 Å². The minimum Gasteiger partial charge on any atom is -0.479 e. The van der Waals surface area contributed by atoms with Crippen LogP contribution in [-0.2, 0) is 6.54 Å². The number of aryl methyl sites for hydroxylation is 2. The number of terminal acetylenes is 1. The van der Waals surface area contributed by atoms with Crippen molar-refractivity contribution in [3.63, 3.8) is 0 Å². The van der Waals surface area contributed by atoms with Gasteiger partial charge in [-0.25, -0.2) is 19.6 Å². The van der Waals surface area contributed by atoms with E-state index in [1.54, 1.807) is 30.1 Å². The van der Waals surface area contributed by atoms with Gasteiger partial charge >= 0.3 is 6.18 Å². The summed E-state index contributed by atoms with van der Waals surface area (Å²) in [6, 6.07) is 3.63. The number of nitrogens with zero attached hydrogens (tertiary/aromatic N) is 6. The van der Waals surface area contributed by atoms with Crippen LogP contribution in [0.25, 0.3) is 17.2 Å². The molecule has 0 saturated heterocycles. The number of halogens is 3. The maximum atomic E-state index is 13.5. The van der Waals surface area contributed by atoms with Crippen LogP contribution < -0.4 is 4.74 Å². The molecule has 4 rings (SSSR count). The zero-order valence-corrected chi connectivity index (χ0v) is 19.7. The topological polar surface area (TPSA) is 70.7 Å². The Bertz CT molecular complexity index is 1330. The van der Waals surface area contributed by atoms with E-state index in [2.05, 4.69) is 20.1 Å². The number of alkyl halides is 3. The molecule has 1 aliphatic rings. The summed E-state index contributed by atoms with van der Waals surface area (Å²) in [6.07, 6.45) is 8.76. The fraction of sp³-hybridized carbons (Fsp3) is 0.360. The fourth-order valence-corrected chi connectivity index (χ4v) is 4.27. The Morgan fingerprint density at radius 3 is 2.74 bits per heavy atom. The van der Waals surface area contributed by atoms with Crippen molar-refractivity contribution in [1.82, 2.24) is 29.3 Å². The molecular weight excluding hydrogens is 457 g/mol. The first kappa shape index (κ1) is 24.3. The SMILES string of the molecule is C#CC(=C(C=CC)CC1CCCn2nc(-c3ccc(-n4cnc(C)c4)c(OC)n3)nc21)C(F)(F)F. The zero-order valence-electron chi connectivity index (χ0n) is 19.7. The van der Waals surface area contributed by atoms with Gasteiger partial charge in [-0.2, -0.15) is 13.2 Å². The van der Waals surface area contributed by atoms with Crippen LogP contribution in [0.4, 0.5) is 13.2 Å². The highest BCUT2D eigenvalue weighted by atomic mass is 19.4. The van der Waals surface area contributed by atoms with E-state index >= 15 is 0 Å². The lowest BCUT2D eigenvalue weighted by atomic mass is 9.89. The molecule has 3 aromatic heterocycles. The van der Waals surface area contributed by atoms with Gasteiger partial charge in [-0.3, -0.25) is 0 Å². The van der Waals surface area contributed by atoms with Crippen molar-refractivity contribution in [1.29, 1.82) is 0 Å². The van der Waals surface area contributed by atoms with Crippen LogP contribution in [0.2, 0.25) is 0 Å². The molecule has 0 aliphatic carbocycles. The van der Waals surface area contributed by atoms with Gasteiger partial charge in [0.25, 0.3) is 0 Å². The molecule has 1 unspecified atom stereocenters. The summed E-state index contributed by atoms with van der Waals surface area (Å²) in [7, 11) is 1.53. The Kier molecular flexibility index (Phi) is 6.78. The molecule has 35 heavy (non-hydrogen) atoms. The van der Waals surface area contributed by atoms with E-state index < -0.39 is 11.7 Å². The molecular formula is C25H25F3N6O. The highest BCUT2D eigenvalue weighted by Crippen LogP contribution is 2.37. The zero-order chi connectivity index (χ0) is 25.2. The van der Waals surface area contributed by atoms with Crippen molar-refractivity contribution < 1.29 is 17.9 Å². The van der Waals surface area contributed by atoms with Crippen LogP contribution in [-0.4, -0.2) is 42.6 Å². The number of hydrogen-bond acceptors (Lipinski definition) is 5. The summed E-state index contributed by atoms with van der Waals surface area (Å²) in [5.74, 6) is 2.98. The van der Waals surface area contributed by atoms with Gasteiger partial charge in [-0.1, -0.05) is 18.1 Å². The minimum absolute atomic E-state index is 0.0743. The van der Waals surface area contributed by atoms with Crippen LogP contribution in [0.3, 0.4) is 0 Å². The fourth-order valence-electron chi connectivity index (χ4n) is 4.27. The van der Waals surface area contributed by atoms with Gasteiger partial charge in [0.05, 0.1) is 19.1 Å². The lowest BCUT2D eigenvalue weighted by Crippen LogP contribution is -2.19. The number of hydrogen-bond donors (Lipinski definition) is 0. The number of methoxy groups -OCH3 is 1. The predicted molar refractivity (Wildman–Crippen MR) is 125 cm³/mol. The second kappa shape index (κ2) is 9.78. The van der Waals surface area contributed by atoms with Crippen molar-refractivity contribution in [3.05, 3.63) is 59.5 Å². The van der Waals surface area contributed by atoms with E-state index in [0.29, 0.717) is 41.9 Å². The van der Waals surface area contributed by atoms with Crippen LogP contribution in [0.5, 0.6) is 5.88 Å². The quantitative estimate of drug-likeness (QED) is 0.358. The smallest absolute Gasteiger partial charge is 0.424 e. The second-order valence-electron chi connectivity index (χ2n) is 8.25. The summed E-state index contributed by atoms with van der Waals surface area (Å²) in [4.78, 5) is 13.5. The van der Waals surface area contributed by atoms with Gasteiger partial charge in [0, 0.05) is 18.7 Å². The number of allylic oxidation sites excluding steroid dienone is 4. The maximum Gasteiger partial charge on any atom is 0.424 e. The average molecular weight is 483 g/mol. The highest BCUT2D eigenvalue weighted by molar-refractivity contribution is 5.55. The predicted octanol–water partition coefficient (Wildman–Crippen LogP) is 5.18. The van der Waals surface area contributed by atoms with Crippen LogP contribution in [0.15, 0.2) is 48.0 Å². The first-order valence-corrected chi connectivity index (χ1v) is 11.2. The Hall–Kier alpha value is -3.87. The van der Waals surface area contributed by atoms with Gasteiger partial charge < -0.3 is 9.30 Å². The maximum absolute atomic E-state index is 13.5. The molecule has 0 amide bonds. The van der Waals surface area contributed by atoms with E-state index in [1.807, 2.05) is 29.7 Å². The largest absolute Gasteiger partial charge is 0.479 e. The van der Waals surface area contributed by atoms with Crippen LogP contribution >= 0.6 is 0 Å². The van der Waals surface area contributed by atoms with E-state index in [9.17, 15) is 13.2 Å². The number of fused-ring (bicyclic) bond motifs is 1. The van der Waals surface area contributed by atoms with Gasteiger partial charge in [0.2, 0.25) is 5.88 Å². The molecule has 0 saturated carbocycles. The Morgan fingerprint density at radius 1 is 1.31 bits per heavy atom. The third kappa shape index (κ3) is 4.99. The molecule has 4 heterocycles. The van der Waals surface area contributed by atoms with E-state index in [0.717, 1.165) is 12.1 Å². The van der Waals surface area contributed by atoms with Gasteiger partial charge in [-0.15, -0.1) is 11.5 Å². The molecule has 0 spiro atoms. The minimum atomic E-state index is -4.59. The molecule has 10 heteroatoms. The highest BCUT2D eigenvalue weighted by Gasteiger charge is 2.36. The molecule has 3 aromatic rings. The van der Waals surface area contributed by atoms with E-state index in [-0.39, 0.29) is 17.9 Å². The lowest BCUT2D eigenvalue weighted by molar-refractivity contribution is -0.0879. The molecule has 0 bridgehead atoms. The number of pyridine rings is 1. The first-order valence-electron chi connectivity index (χ1n) is 11.2. The molecule has 0 aromatic carbocycles. The summed E-state index contributed by atoms with van der Waals surface area (Å²) in [6.45, 7) is 4.19. The van der Waals surface area contributed by atoms with Crippen LogP contribution in [0.1, 0.15) is 43.6 Å². The number of rotatable bonds is 6. The average Bonchev–Trinajstić information content (AvgIpc) is 3.45. The van der Waals surface area contributed by atoms with Crippen molar-refractivity contribution in [2.75, 3.05) is 7.11 Å². The molecule has 1 aliphatic heterocycles. The third-order valence-electron chi connectivity index (χ3n) is 5.82. The summed E-state index contributed by atoms with van der Waals surface area (Å²) in [5.41, 5.74) is 1.20. The first-order chi connectivity index (χ1) is 16.7. The Labute approximate surface area is 201 Å². The van der Waals surface area contributed by atoms with Gasteiger partial charge in [0.1, 0.15) is 22.8 Å². The summed E-state index contributed by atoms with van der Waals surface area (Å²) in [5, 5.41) is 4.59. The molecule has 182 valence electrons. The number of imidazole rings is 1. The molecule has 0 N–H and O–H groups in total. The van der Waals surface area contributed by atoms with Crippen molar-refractivity contribution in [3.8, 4) is 35.4 Å². The van der Waals surface area contributed by atoms with E-state index in [4.69, 9.17) is 11.2 Å². The monoisotopic (exact) mass is 482 g/mol. The van der Waals surface area contributed by atoms with Crippen molar-refractivity contribution >= 4 is 0 Å². The van der Waals surface area contributed by atoms with Crippen molar-refractivity contribution in [2.24, 2.45) is 0 Å². The van der Waals surface area contributed by atoms with Gasteiger partial charge in [-0.05, 0) is 50.8 Å². The van der Waals surface area contributed by atoms with Crippen LogP contribution in [0, 0.1) is 19.3 Å².